The van der Waals surface area contributed by atoms with Gasteiger partial charge < -0.3 is 19.1 Å². The van der Waals surface area contributed by atoms with E-state index in [4.69, 9.17) is 19.1 Å². The highest BCUT2D eigenvalue weighted by Gasteiger charge is 2.02. The highest BCUT2D eigenvalue weighted by Crippen LogP contribution is 2.13. The molecule has 0 unspecified atom stereocenters. The number of aryl methyl sites for hydroxylation is 1. The fourth-order valence-electron chi connectivity index (χ4n) is 2.61. The Balaban J connectivity index is 2.33. The van der Waals surface area contributed by atoms with E-state index in [9.17, 15) is 0 Å². The molecule has 1 rings (SSSR count). The first-order valence-electron chi connectivity index (χ1n) is 10.2. The number of hydrogen-bond acceptors (Lipinski definition) is 6. The first kappa shape index (κ1) is 24.1. The second kappa shape index (κ2) is 17.2. The SMILES string of the molecule is CCc1cc(CCO/N=C/CCCOC)cc(CCO/N=C/CCCOC)c1. The second-order valence-corrected chi connectivity index (χ2v) is 6.52. The Morgan fingerprint density at radius 1 is 0.714 bits per heavy atom. The lowest BCUT2D eigenvalue weighted by atomic mass is 10.0. The van der Waals surface area contributed by atoms with Crippen LogP contribution in [0.5, 0.6) is 0 Å². The first-order valence-corrected chi connectivity index (χ1v) is 10.2. The molecule has 0 aliphatic carbocycles. The molecule has 0 N–H and O–H groups in total. The summed E-state index contributed by atoms with van der Waals surface area (Å²) in [6, 6.07) is 6.70. The Hall–Kier alpha value is -1.92. The molecular weight excluding hydrogens is 356 g/mol. The van der Waals surface area contributed by atoms with Crippen molar-refractivity contribution in [2.45, 2.75) is 51.9 Å². The van der Waals surface area contributed by atoms with E-state index in [2.05, 4.69) is 35.4 Å². The number of ether oxygens (including phenoxy) is 2. The highest BCUT2D eigenvalue weighted by atomic mass is 16.6. The average molecular weight is 393 g/mol. The number of oxime groups is 2. The summed E-state index contributed by atoms with van der Waals surface area (Å²) < 4.78 is 10.00. The third-order valence-electron chi connectivity index (χ3n) is 4.15. The molecule has 0 atom stereocenters. The van der Waals surface area contributed by atoms with Gasteiger partial charge in [0.2, 0.25) is 0 Å². The Kier molecular flexibility index (Phi) is 14.8. The van der Waals surface area contributed by atoms with E-state index in [1.165, 1.54) is 16.7 Å². The van der Waals surface area contributed by atoms with E-state index >= 15 is 0 Å². The zero-order chi connectivity index (χ0) is 20.3. The summed E-state index contributed by atoms with van der Waals surface area (Å²) in [5, 5.41) is 7.99. The van der Waals surface area contributed by atoms with Gasteiger partial charge in [-0.1, -0.05) is 35.4 Å². The Labute approximate surface area is 169 Å². The summed E-state index contributed by atoms with van der Waals surface area (Å²) in [4.78, 5) is 10.7. The molecule has 0 radical (unpaired) electrons. The molecule has 1 aromatic rings. The lowest BCUT2D eigenvalue weighted by Gasteiger charge is -2.08. The maximum atomic E-state index is 5.36. The smallest absolute Gasteiger partial charge is 0.121 e. The van der Waals surface area contributed by atoms with E-state index in [1.54, 1.807) is 26.6 Å². The molecule has 6 nitrogen and oxygen atoms in total. The van der Waals surface area contributed by atoms with Crippen molar-refractivity contribution in [2.24, 2.45) is 10.3 Å². The standard InChI is InChI=1S/C22H36N2O4/c1-4-20-17-21(9-15-27-23-11-5-7-13-25-2)19-22(18-20)10-16-28-24-12-6-8-14-26-3/h11-12,17-19H,4-10,13-16H2,1-3H3/b23-11+,24-12+. The fourth-order valence-corrected chi connectivity index (χ4v) is 2.61. The fraction of sp³-hybridized carbons (Fsp3) is 0.636. The van der Waals surface area contributed by atoms with Crippen molar-refractivity contribution in [3.8, 4) is 0 Å². The number of nitrogens with zero attached hydrogens (tertiary/aromatic N) is 2. The number of hydrogen-bond donors (Lipinski definition) is 0. The van der Waals surface area contributed by atoms with Crippen LogP contribution in [0.15, 0.2) is 28.5 Å². The Morgan fingerprint density at radius 2 is 1.18 bits per heavy atom. The van der Waals surface area contributed by atoms with Crippen LogP contribution in [0, 0.1) is 0 Å². The van der Waals surface area contributed by atoms with E-state index in [0.717, 1.165) is 58.2 Å². The van der Waals surface area contributed by atoms with Crippen LogP contribution in [0.3, 0.4) is 0 Å². The maximum absolute atomic E-state index is 5.36. The van der Waals surface area contributed by atoms with Gasteiger partial charge in [0.15, 0.2) is 0 Å². The van der Waals surface area contributed by atoms with Gasteiger partial charge in [0.05, 0.1) is 0 Å². The van der Waals surface area contributed by atoms with Crippen molar-refractivity contribution in [3.63, 3.8) is 0 Å². The van der Waals surface area contributed by atoms with Gasteiger partial charge in [0.1, 0.15) is 13.2 Å². The summed E-state index contributed by atoms with van der Waals surface area (Å²) in [6.07, 6.45) is 9.98. The number of benzene rings is 1. The van der Waals surface area contributed by atoms with Crippen LogP contribution >= 0.6 is 0 Å². The minimum atomic E-state index is 0.579. The highest BCUT2D eigenvalue weighted by molar-refractivity contribution is 5.56. The molecule has 0 aliphatic rings. The maximum Gasteiger partial charge on any atom is 0.121 e. The molecule has 0 bridgehead atoms. The van der Waals surface area contributed by atoms with Crippen LogP contribution in [0.4, 0.5) is 0 Å². The molecule has 0 amide bonds. The van der Waals surface area contributed by atoms with Crippen molar-refractivity contribution in [3.05, 3.63) is 34.9 Å². The van der Waals surface area contributed by atoms with Crippen LogP contribution in [0.1, 0.15) is 49.3 Å². The first-order chi connectivity index (χ1) is 13.8. The van der Waals surface area contributed by atoms with Gasteiger partial charge in [-0.2, -0.15) is 0 Å². The Morgan fingerprint density at radius 3 is 1.61 bits per heavy atom. The molecule has 0 saturated carbocycles. The lowest BCUT2D eigenvalue weighted by molar-refractivity contribution is 0.147. The third kappa shape index (κ3) is 12.5. The molecule has 0 saturated heterocycles. The monoisotopic (exact) mass is 392 g/mol. The molecule has 0 spiro atoms. The van der Waals surface area contributed by atoms with Crippen LogP contribution in [0.25, 0.3) is 0 Å². The van der Waals surface area contributed by atoms with E-state index in [1.807, 2.05) is 0 Å². The molecule has 6 heteroatoms. The zero-order valence-electron chi connectivity index (χ0n) is 17.7. The summed E-state index contributed by atoms with van der Waals surface area (Å²) in [5.41, 5.74) is 3.87. The molecular formula is C22H36N2O4. The van der Waals surface area contributed by atoms with Crippen molar-refractivity contribution in [1.82, 2.24) is 0 Å². The molecule has 28 heavy (non-hydrogen) atoms. The molecule has 0 fully saturated rings. The number of unbranched alkanes of at least 4 members (excludes halogenated alkanes) is 2. The summed E-state index contributed by atoms with van der Waals surface area (Å²) >= 11 is 0. The van der Waals surface area contributed by atoms with Crippen LogP contribution in [-0.4, -0.2) is 53.1 Å². The van der Waals surface area contributed by atoms with Crippen molar-refractivity contribution >= 4 is 12.4 Å². The minimum absolute atomic E-state index is 0.579. The lowest BCUT2D eigenvalue weighted by Crippen LogP contribution is -2.00. The van der Waals surface area contributed by atoms with Gasteiger partial charge in [-0.3, -0.25) is 0 Å². The van der Waals surface area contributed by atoms with Gasteiger partial charge in [-0.05, 0) is 48.8 Å². The van der Waals surface area contributed by atoms with Gasteiger partial charge >= 0.3 is 0 Å². The van der Waals surface area contributed by atoms with Crippen LogP contribution in [-0.2, 0) is 38.4 Å². The van der Waals surface area contributed by atoms with E-state index < -0.39 is 0 Å². The van der Waals surface area contributed by atoms with Crippen LogP contribution < -0.4 is 0 Å². The second-order valence-electron chi connectivity index (χ2n) is 6.52. The summed E-state index contributed by atoms with van der Waals surface area (Å²) in [6.45, 7) is 4.83. The molecule has 1 aromatic carbocycles. The summed E-state index contributed by atoms with van der Waals surface area (Å²) in [7, 11) is 3.41. The van der Waals surface area contributed by atoms with E-state index in [0.29, 0.717) is 13.2 Å². The predicted molar refractivity (Wildman–Crippen MR) is 114 cm³/mol. The topological polar surface area (TPSA) is 61.6 Å². The minimum Gasteiger partial charge on any atom is -0.396 e. The Bertz CT molecular complexity index is 517. The van der Waals surface area contributed by atoms with Gasteiger partial charge in [-0.25, -0.2) is 0 Å². The average Bonchev–Trinajstić information content (AvgIpc) is 2.71. The van der Waals surface area contributed by atoms with Crippen molar-refractivity contribution in [1.29, 1.82) is 0 Å². The van der Waals surface area contributed by atoms with Gasteiger partial charge in [0.25, 0.3) is 0 Å². The van der Waals surface area contributed by atoms with Crippen molar-refractivity contribution in [2.75, 3.05) is 40.6 Å². The zero-order valence-corrected chi connectivity index (χ0v) is 17.7. The third-order valence-corrected chi connectivity index (χ3v) is 4.15. The molecule has 0 aromatic heterocycles. The number of methoxy groups -OCH3 is 2. The predicted octanol–water partition coefficient (Wildman–Crippen LogP) is 4.19. The molecule has 0 aliphatic heterocycles. The van der Waals surface area contributed by atoms with Crippen LogP contribution in [0.2, 0.25) is 0 Å². The number of rotatable bonds is 17. The van der Waals surface area contributed by atoms with E-state index in [-0.39, 0.29) is 0 Å². The normalized spacial score (nSPS) is 11.5. The summed E-state index contributed by atoms with van der Waals surface area (Å²) in [5.74, 6) is 0. The van der Waals surface area contributed by atoms with Gasteiger partial charge in [0, 0.05) is 52.7 Å². The molecule has 158 valence electrons. The van der Waals surface area contributed by atoms with Crippen molar-refractivity contribution < 1.29 is 19.1 Å². The quantitative estimate of drug-likeness (QED) is 0.227. The largest absolute Gasteiger partial charge is 0.396 e. The van der Waals surface area contributed by atoms with Gasteiger partial charge in [-0.15, -0.1) is 0 Å². The molecule has 0 heterocycles.